The van der Waals surface area contributed by atoms with Crippen molar-refractivity contribution >= 4 is 28.2 Å². The lowest BCUT2D eigenvalue weighted by Gasteiger charge is -2.12. The molecule has 2 amide bonds. The fourth-order valence-corrected chi connectivity index (χ4v) is 3.89. The summed E-state index contributed by atoms with van der Waals surface area (Å²) in [5, 5.41) is 3.47. The predicted molar refractivity (Wildman–Crippen MR) is 76.7 cm³/mol. The molecular weight excluding hydrogens is 276 g/mol. The highest BCUT2D eigenvalue weighted by atomic mass is 32.1. The van der Waals surface area contributed by atoms with Crippen LogP contribution in [0.15, 0.2) is 0 Å². The van der Waals surface area contributed by atoms with Crippen LogP contribution in [0.25, 0.3) is 0 Å². The lowest BCUT2D eigenvalue weighted by Crippen LogP contribution is -2.21. The zero-order valence-electron chi connectivity index (χ0n) is 11.6. The Morgan fingerprint density at radius 1 is 1.45 bits per heavy atom. The van der Waals surface area contributed by atoms with Gasteiger partial charge < -0.3 is 15.8 Å². The summed E-state index contributed by atoms with van der Waals surface area (Å²) in [4.78, 5) is 24.9. The molecule has 3 N–H and O–H groups in total. The molecule has 0 bridgehead atoms. The van der Waals surface area contributed by atoms with E-state index in [0.717, 1.165) is 16.9 Å². The van der Waals surface area contributed by atoms with Gasteiger partial charge >= 0.3 is 0 Å². The second kappa shape index (κ2) is 4.56. The van der Waals surface area contributed by atoms with Gasteiger partial charge in [0.25, 0.3) is 5.91 Å². The maximum atomic E-state index is 12.2. The van der Waals surface area contributed by atoms with Gasteiger partial charge in [-0.05, 0) is 23.8 Å². The molecule has 0 radical (unpaired) electrons. The van der Waals surface area contributed by atoms with E-state index in [2.05, 4.69) is 19.2 Å². The minimum Gasteiger partial charge on any atom is -0.376 e. The van der Waals surface area contributed by atoms with E-state index < -0.39 is 5.91 Å². The van der Waals surface area contributed by atoms with Gasteiger partial charge in [-0.25, -0.2) is 0 Å². The molecule has 1 fully saturated rings. The van der Waals surface area contributed by atoms with Crippen LogP contribution in [-0.4, -0.2) is 18.4 Å². The van der Waals surface area contributed by atoms with Crippen molar-refractivity contribution in [3.63, 3.8) is 0 Å². The summed E-state index contributed by atoms with van der Waals surface area (Å²) in [5.74, 6) is -0.467. The summed E-state index contributed by atoms with van der Waals surface area (Å²) in [7, 11) is 0. The highest BCUT2D eigenvalue weighted by Crippen LogP contribution is 2.52. The van der Waals surface area contributed by atoms with Crippen molar-refractivity contribution in [3.05, 3.63) is 16.0 Å². The standard InChI is InChI=1S/C14H18N2O3S/c1-14(2)5-8(14)12(18)16-13-10(11(15)17)7-3-4-19-6-9(7)20-13/h8H,3-6H2,1-2H3,(H2,15,17)(H,16,18). The summed E-state index contributed by atoms with van der Waals surface area (Å²) >= 11 is 1.41. The number of carbonyl (C=O) groups excluding carboxylic acids is 2. The van der Waals surface area contributed by atoms with Gasteiger partial charge in [-0.3, -0.25) is 9.59 Å². The Kier molecular flexibility index (Phi) is 3.10. The molecular formula is C14H18N2O3S. The lowest BCUT2D eigenvalue weighted by atomic mass is 10.1. The molecule has 0 saturated heterocycles. The smallest absolute Gasteiger partial charge is 0.251 e. The molecule has 5 nitrogen and oxygen atoms in total. The van der Waals surface area contributed by atoms with Gasteiger partial charge in [0.1, 0.15) is 5.00 Å². The van der Waals surface area contributed by atoms with Crippen LogP contribution in [0, 0.1) is 11.3 Å². The molecule has 1 aromatic heterocycles. The van der Waals surface area contributed by atoms with Gasteiger partial charge in [-0.15, -0.1) is 11.3 Å². The number of fused-ring (bicyclic) bond motifs is 1. The van der Waals surface area contributed by atoms with Crippen LogP contribution in [0.5, 0.6) is 0 Å². The third-order valence-corrected chi connectivity index (χ3v) is 5.25. The Labute approximate surface area is 121 Å². The molecule has 1 aromatic rings. The Morgan fingerprint density at radius 2 is 2.15 bits per heavy atom. The van der Waals surface area contributed by atoms with E-state index in [9.17, 15) is 9.59 Å². The molecule has 0 spiro atoms. The molecule has 2 heterocycles. The van der Waals surface area contributed by atoms with E-state index in [1.807, 2.05) is 0 Å². The third-order valence-electron chi connectivity index (χ3n) is 4.13. The van der Waals surface area contributed by atoms with Crippen LogP contribution < -0.4 is 11.1 Å². The highest BCUT2D eigenvalue weighted by molar-refractivity contribution is 7.17. The van der Waals surface area contributed by atoms with Crippen molar-refractivity contribution < 1.29 is 14.3 Å². The summed E-state index contributed by atoms with van der Waals surface area (Å²) < 4.78 is 5.39. The second-order valence-corrected chi connectivity index (χ2v) is 7.21. The van der Waals surface area contributed by atoms with Gasteiger partial charge in [0, 0.05) is 10.8 Å². The molecule has 20 heavy (non-hydrogen) atoms. The zero-order chi connectivity index (χ0) is 14.5. The Hall–Kier alpha value is -1.40. The largest absolute Gasteiger partial charge is 0.376 e. The van der Waals surface area contributed by atoms with Gasteiger partial charge in [0.05, 0.1) is 18.8 Å². The fraction of sp³-hybridized carbons (Fsp3) is 0.571. The maximum absolute atomic E-state index is 12.2. The molecule has 1 saturated carbocycles. The Morgan fingerprint density at radius 3 is 2.75 bits per heavy atom. The van der Waals surface area contributed by atoms with E-state index in [0.29, 0.717) is 30.2 Å². The SMILES string of the molecule is CC1(C)CC1C(=O)Nc1sc2c(c1C(N)=O)CCOC2. The number of primary amides is 1. The highest BCUT2D eigenvalue weighted by Gasteiger charge is 2.50. The first kappa shape index (κ1) is 13.6. The molecule has 1 aliphatic heterocycles. The number of rotatable bonds is 3. The minimum absolute atomic E-state index is 0.0167. The molecule has 2 aliphatic rings. The molecule has 108 valence electrons. The molecule has 6 heteroatoms. The van der Waals surface area contributed by atoms with Crippen molar-refractivity contribution in [2.45, 2.75) is 33.3 Å². The first-order valence-electron chi connectivity index (χ1n) is 6.73. The van der Waals surface area contributed by atoms with E-state index in [-0.39, 0.29) is 17.2 Å². The topological polar surface area (TPSA) is 81.4 Å². The normalized spacial score (nSPS) is 23.0. The second-order valence-electron chi connectivity index (χ2n) is 6.11. The number of thiophene rings is 1. The van der Waals surface area contributed by atoms with Crippen LogP contribution in [0.4, 0.5) is 5.00 Å². The molecule has 3 rings (SSSR count). The number of carbonyl (C=O) groups is 2. The number of amides is 2. The van der Waals surface area contributed by atoms with Crippen molar-refractivity contribution in [1.29, 1.82) is 0 Å². The van der Waals surface area contributed by atoms with Crippen LogP contribution in [0.3, 0.4) is 0 Å². The van der Waals surface area contributed by atoms with Crippen molar-refractivity contribution in [1.82, 2.24) is 0 Å². The molecule has 1 unspecified atom stereocenters. The van der Waals surface area contributed by atoms with Crippen LogP contribution in [0.1, 0.15) is 41.1 Å². The summed E-state index contributed by atoms with van der Waals surface area (Å²) in [5.41, 5.74) is 6.96. The molecule has 1 aliphatic carbocycles. The first-order valence-corrected chi connectivity index (χ1v) is 7.55. The minimum atomic E-state index is -0.477. The van der Waals surface area contributed by atoms with E-state index in [1.54, 1.807) is 0 Å². The number of anilines is 1. The number of hydrogen-bond donors (Lipinski definition) is 2. The average molecular weight is 294 g/mol. The number of nitrogens with two attached hydrogens (primary N) is 1. The van der Waals surface area contributed by atoms with E-state index in [4.69, 9.17) is 10.5 Å². The number of nitrogens with one attached hydrogen (secondary N) is 1. The molecule has 0 aromatic carbocycles. The average Bonchev–Trinajstić information content (AvgIpc) is 2.86. The fourth-order valence-electron chi connectivity index (χ4n) is 2.69. The van der Waals surface area contributed by atoms with Crippen LogP contribution >= 0.6 is 11.3 Å². The quantitative estimate of drug-likeness (QED) is 0.893. The van der Waals surface area contributed by atoms with Crippen LogP contribution in [-0.2, 0) is 22.6 Å². The first-order chi connectivity index (χ1) is 9.40. The van der Waals surface area contributed by atoms with Gasteiger partial charge in [0.15, 0.2) is 0 Å². The van der Waals surface area contributed by atoms with Gasteiger partial charge in [0.2, 0.25) is 5.91 Å². The van der Waals surface area contributed by atoms with Crippen molar-refractivity contribution in [3.8, 4) is 0 Å². The van der Waals surface area contributed by atoms with E-state index in [1.165, 1.54) is 11.3 Å². The third kappa shape index (κ3) is 2.23. The summed E-state index contributed by atoms with van der Waals surface area (Å²) in [6.07, 6.45) is 1.56. The predicted octanol–water partition coefficient (Wildman–Crippen LogP) is 1.90. The number of hydrogen-bond acceptors (Lipinski definition) is 4. The van der Waals surface area contributed by atoms with Crippen LogP contribution in [0.2, 0.25) is 0 Å². The van der Waals surface area contributed by atoms with E-state index >= 15 is 0 Å². The van der Waals surface area contributed by atoms with Crippen molar-refractivity contribution in [2.75, 3.05) is 11.9 Å². The summed E-state index contributed by atoms with van der Waals surface area (Å²) in [6, 6.07) is 0. The number of ether oxygens (including phenoxy) is 1. The van der Waals surface area contributed by atoms with Gasteiger partial charge in [-0.2, -0.15) is 0 Å². The summed E-state index contributed by atoms with van der Waals surface area (Å²) in [6.45, 7) is 5.22. The Balaban J connectivity index is 1.88. The lowest BCUT2D eigenvalue weighted by molar-refractivity contribution is -0.117. The van der Waals surface area contributed by atoms with Gasteiger partial charge in [-0.1, -0.05) is 13.8 Å². The van der Waals surface area contributed by atoms with Crippen molar-refractivity contribution in [2.24, 2.45) is 17.1 Å². The maximum Gasteiger partial charge on any atom is 0.251 e. The zero-order valence-corrected chi connectivity index (χ0v) is 12.4. The molecule has 1 atom stereocenters. The monoisotopic (exact) mass is 294 g/mol. The Bertz CT molecular complexity index is 591.